The maximum atomic E-state index is 13.7. The summed E-state index contributed by atoms with van der Waals surface area (Å²) in [5, 5.41) is 0. The van der Waals surface area contributed by atoms with E-state index in [1.54, 1.807) is 6.07 Å². The Hall–Kier alpha value is -1.49. The lowest BCUT2D eigenvalue weighted by Crippen LogP contribution is -2.42. The van der Waals surface area contributed by atoms with Crippen LogP contribution in [-0.4, -0.2) is 31.9 Å². The van der Waals surface area contributed by atoms with E-state index in [2.05, 4.69) is 4.90 Å². The van der Waals surface area contributed by atoms with Crippen LogP contribution in [0, 0.1) is 5.82 Å². The molecule has 3 rings (SSSR count). The van der Waals surface area contributed by atoms with Gasteiger partial charge >= 0.3 is 0 Å². The van der Waals surface area contributed by atoms with Crippen molar-refractivity contribution >= 4 is 11.4 Å². The van der Waals surface area contributed by atoms with Crippen LogP contribution in [0.2, 0.25) is 0 Å². The number of hydrogen-bond donors (Lipinski definition) is 1. The van der Waals surface area contributed by atoms with Crippen molar-refractivity contribution in [2.24, 2.45) is 0 Å². The maximum absolute atomic E-state index is 13.7. The van der Waals surface area contributed by atoms with Crippen LogP contribution in [0.4, 0.5) is 15.8 Å². The van der Waals surface area contributed by atoms with Gasteiger partial charge in [-0.2, -0.15) is 0 Å². The van der Waals surface area contributed by atoms with Crippen LogP contribution in [0.3, 0.4) is 0 Å². The minimum absolute atomic E-state index is 0.269. The van der Waals surface area contributed by atoms with Gasteiger partial charge in [0.05, 0.1) is 30.2 Å². The molecule has 1 aromatic rings. The molecule has 2 aliphatic rings. The van der Waals surface area contributed by atoms with Crippen LogP contribution < -0.4 is 15.4 Å². The van der Waals surface area contributed by atoms with E-state index in [1.165, 1.54) is 6.07 Å². The molecule has 2 atom stereocenters. The molecule has 0 saturated carbocycles. The second kappa shape index (κ2) is 4.89. The van der Waals surface area contributed by atoms with Crippen LogP contribution in [0.25, 0.3) is 0 Å². The molecule has 5 heteroatoms. The number of rotatable bonds is 3. The largest absolute Gasteiger partial charge is 0.491 e. The van der Waals surface area contributed by atoms with Crippen LogP contribution >= 0.6 is 0 Å². The second-order valence-electron chi connectivity index (χ2n) is 5.14. The summed E-state index contributed by atoms with van der Waals surface area (Å²) in [5.41, 5.74) is 7.26. The molecule has 2 fully saturated rings. The molecule has 4 nitrogen and oxygen atoms in total. The number of hydrogen-bond acceptors (Lipinski definition) is 4. The predicted molar refractivity (Wildman–Crippen MR) is 72.1 cm³/mol. The van der Waals surface area contributed by atoms with Gasteiger partial charge in [0, 0.05) is 25.2 Å². The number of nitrogen functional groups attached to an aromatic ring is 1. The normalized spacial score (nSPS) is 25.7. The van der Waals surface area contributed by atoms with Crippen LogP contribution in [-0.2, 0) is 4.74 Å². The Morgan fingerprint density at radius 3 is 2.68 bits per heavy atom. The van der Waals surface area contributed by atoms with Gasteiger partial charge in [-0.15, -0.1) is 0 Å². The molecule has 0 amide bonds. The molecule has 2 bridgehead atoms. The predicted octanol–water partition coefficient (Wildman–Crippen LogP) is 2.17. The van der Waals surface area contributed by atoms with E-state index in [-0.39, 0.29) is 18.0 Å². The SMILES string of the molecule is CCOc1cc(N2CC3CCC(C2)O3)c(N)cc1F. The zero-order chi connectivity index (χ0) is 13.4. The summed E-state index contributed by atoms with van der Waals surface area (Å²) >= 11 is 0. The highest BCUT2D eigenvalue weighted by atomic mass is 19.1. The summed E-state index contributed by atoms with van der Waals surface area (Å²) in [6, 6.07) is 3.05. The molecule has 0 aromatic heterocycles. The number of fused-ring (bicyclic) bond motifs is 2. The Kier molecular flexibility index (Phi) is 3.22. The third kappa shape index (κ3) is 2.34. The third-order valence-corrected chi connectivity index (χ3v) is 3.77. The number of morpholine rings is 1. The monoisotopic (exact) mass is 266 g/mol. The van der Waals surface area contributed by atoms with Crippen molar-refractivity contribution in [3.05, 3.63) is 17.9 Å². The fraction of sp³-hybridized carbons (Fsp3) is 0.571. The highest BCUT2D eigenvalue weighted by Gasteiger charge is 2.34. The number of nitrogens with zero attached hydrogens (tertiary/aromatic N) is 1. The Bertz CT molecular complexity index is 469. The first-order chi connectivity index (χ1) is 9.17. The van der Waals surface area contributed by atoms with Gasteiger partial charge in [-0.3, -0.25) is 0 Å². The Morgan fingerprint density at radius 2 is 2.05 bits per heavy atom. The van der Waals surface area contributed by atoms with Gasteiger partial charge in [0.1, 0.15) is 0 Å². The molecular formula is C14H19FN2O2. The quantitative estimate of drug-likeness (QED) is 0.852. The van der Waals surface area contributed by atoms with E-state index in [9.17, 15) is 4.39 Å². The van der Waals surface area contributed by atoms with Crippen molar-refractivity contribution in [2.75, 3.05) is 30.3 Å². The Morgan fingerprint density at radius 1 is 1.37 bits per heavy atom. The average molecular weight is 266 g/mol. The minimum atomic E-state index is -0.403. The van der Waals surface area contributed by atoms with E-state index in [1.807, 2.05) is 6.92 Å². The van der Waals surface area contributed by atoms with Crippen LogP contribution in [0.15, 0.2) is 12.1 Å². The standard InChI is InChI=1S/C14H19FN2O2/c1-2-18-14-6-13(12(16)5-11(14)15)17-7-9-3-4-10(8-17)19-9/h5-6,9-10H,2-4,7-8,16H2,1H3. The smallest absolute Gasteiger partial charge is 0.167 e. The fourth-order valence-electron chi connectivity index (χ4n) is 2.91. The van der Waals surface area contributed by atoms with Gasteiger partial charge in [0.15, 0.2) is 11.6 Å². The van der Waals surface area contributed by atoms with E-state index < -0.39 is 5.82 Å². The minimum Gasteiger partial charge on any atom is -0.491 e. The summed E-state index contributed by atoms with van der Waals surface area (Å²) in [4.78, 5) is 2.18. The summed E-state index contributed by atoms with van der Waals surface area (Å²) in [6.07, 6.45) is 2.75. The number of nitrogens with two attached hydrogens (primary N) is 1. The molecule has 104 valence electrons. The van der Waals surface area contributed by atoms with Crippen LogP contribution in [0.1, 0.15) is 19.8 Å². The molecule has 2 saturated heterocycles. The molecule has 2 N–H and O–H groups in total. The Labute approximate surface area is 112 Å². The summed E-state index contributed by atoms with van der Waals surface area (Å²) in [6.45, 7) is 3.91. The van der Waals surface area contributed by atoms with Crippen molar-refractivity contribution < 1.29 is 13.9 Å². The van der Waals surface area contributed by atoms with Crippen molar-refractivity contribution in [2.45, 2.75) is 32.0 Å². The number of anilines is 2. The zero-order valence-electron chi connectivity index (χ0n) is 11.1. The van der Waals surface area contributed by atoms with Crippen molar-refractivity contribution in [3.8, 4) is 5.75 Å². The first-order valence-corrected chi connectivity index (χ1v) is 6.79. The zero-order valence-corrected chi connectivity index (χ0v) is 11.1. The lowest BCUT2D eigenvalue weighted by molar-refractivity contribution is 0.0305. The van der Waals surface area contributed by atoms with Gasteiger partial charge in [-0.1, -0.05) is 0 Å². The molecular weight excluding hydrogens is 247 g/mol. The lowest BCUT2D eigenvalue weighted by Gasteiger charge is -2.34. The highest BCUT2D eigenvalue weighted by Crippen LogP contribution is 2.35. The lowest BCUT2D eigenvalue weighted by atomic mass is 10.2. The van der Waals surface area contributed by atoms with Gasteiger partial charge in [-0.25, -0.2) is 4.39 Å². The molecule has 2 unspecified atom stereocenters. The average Bonchev–Trinajstić information content (AvgIpc) is 2.72. The van der Waals surface area contributed by atoms with Gasteiger partial charge in [0.2, 0.25) is 0 Å². The molecule has 2 heterocycles. The van der Waals surface area contributed by atoms with E-state index in [4.69, 9.17) is 15.2 Å². The van der Waals surface area contributed by atoms with Crippen molar-refractivity contribution in [1.82, 2.24) is 0 Å². The molecule has 0 radical (unpaired) electrons. The molecule has 2 aliphatic heterocycles. The maximum Gasteiger partial charge on any atom is 0.167 e. The summed E-state index contributed by atoms with van der Waals surface area (Å²) < 4.78 is 24.8. The van der Waals surface area contributed by atoms with Crippen molar-refractivity contribution in [3.63, 3.8) is 0 Å². The molecule has 0 aliphatic carbocycles. The number of benzene rings is 1. The Balaban J connectivity index is 1.89. The molecule has 0 spiro atoms. The first kappa shape index (κ1) is 12.5. The first-order valence-electron chi connectivity index (χ1n) is 6.79. The van der Waals surface area contributed by atoms with E-state index in [0.717, 1.165) is 31.6 Å². The van der Waals surface area contributed by atoms with Gasteiger partial charge in [0.25, 0.3) is 0 Å². The topological polar surface area (TPSA) is 47.7 Å². The van der Waals surface area contributed by atoms with E-state index >= 15 is 0 Å². The summed E-state index contributed by atoms with van der Waals surface area (Å²) in [5.74, 6) is -0.134. The second-order valence-corrected chi connectivity index (χ2v) is 5.14. The van der Waals surface area contributed by atoms with E-state index in [0.29, 0.717) is 12.3 Å². The molecule has 19 heavy (non-hydrogen) atoms. The highest BCUT2D eigenvalue weighted by molar-refractivity contribution is 5.70. The van der Waals surface area contributed by atoms with Gasteiger partial charge < -0.3 is 20.1 Å². The molecule has 1 aromatic carbocycles. The number of halogens is 1. The third-order valence-electron chi connectivity index (χ3n) is 3.77. The van der Waals surface area contributed by atoms with Crippen molar-refractivity contribution in [1.29, 1.82) is 0 Å². The fourth-order valence-corrected chi connectivity index (χ4v) is 2.91. The van der Waals surface area contributed by atoms with Gasteiger partial charge in [-0.05, 0) is 19.8 Å². The summed E-state index contributed by atoms with van der Waals surface area (Å²) in [7, 11) is 0. The number of ether oxygens (including phenoxy) is 2. The van der Waals surface area contributed by atoms with Crippen LogP contribution in [0.5, 0.6) is 5.75 Å².